The Labute approximate surface area is 154 Å². The molecule has 0 aromatic rings. The molecule has 1 unspecified atom stereocenters. The first-order valence-corrected chi connectivity index (χ1v) is 9.85. The van der Waals surface area contributed by atoms with Gasteiger partial charge in [0.2, 0.25) is 5.91 Å². The van der Waals surface area contributed by atoms with Gasteiger partial charge in [0.15, 0.2) is 5.96 Å². The molecule has 0 saturated heterocycles. The number of amides is 1. The minimum absolute atomic E-state index is 0.00969. The summed E-state index contributed by atoms with van der Waals surface area (Å²) in [6.45, 7) is 9.94. The third kappa shape index (κ3) is 13.6. The Hall–Kier alpha value is -1.30. The SMILES string of the molecule is CCCCC(CC)CNC(=NCC(=O)N(C)C)NCCCCOCC. The highest BCUT2D eigenvalue weighted by molar-refractivity contribution is 5.84. The molecule has 6 heteroatoms. The molecule has 0 aliphatic carbocycles. The maximum Gasteiger partial charge on any atom is 0.243 e. The zero-order chi connectivity index (χ0) is 18.9. The van der Waals surface area contributed by atoms with Crippen LogP contribution in [0.25, 0.3) is 0 Å². The highest BCUT2D eigenvalue weighted by atomic mass is 16.5. The highest BCUT2D eigenvalue weighted by Gasteiger charge is 2.08. The van der Waals surface area contributed by atoms with Crippen LogP contribution in [-0.4, -0.2) is 63.7 Å². The summed E-state index contributed by atoms with van der Waals surface area (Å²) in [4.78, 5) is 17.8. The van der Waals surface area contributed by atoms with E-state index in [0.717, 1.165) is 51.5 Å². The second-order valence-corrected chi connectivity index (χ2v) is 6.58. The first-order valence-electron chi connectivity index (χ1n) is 9.85. The summed E-state index contributed by atoms with van der Waals surface area (Å²) in [6, 6.07) is 0. The molecule has 6 nitrogen and oxygen atoms in total. The van der Waals surface area contributed by atoms with Crippen LogP contribution in [0, 0.1) is 5.92 Å². The van der Waals surface area contributed by atoms with Crippen LogP contribution in [0.2, 0.25) is 0 Å². The van der Waals surface area contributed by atoms with Crippen LogP contribution < -0.4 is 10.6 Å². The quantitative estimate of drug-likeness (QED) is 0.285. The fourth-order valence-electron chi connectivity index (χ4n) is 2.33. The molecule has 0 spiro atoms. The molecule has 0 aromatic heterocycles. The minimum atomic E-state index is 0.00969. The van der Waals surface area contributed by atoms with Gasteiger partial charge in [0.05, 0.1) is 0 Å². The van der Waals surface area contributed by atoms with E-state index in [1.165, 1.54) is 19.3 Å². The molecule has 0 heterocycles. The van der Waals surface area contributed by atoms with E-state index in [-0.39, 0.29) is 12.5 Å². The fourth-order valence-corrected chi connectivity index (χ4v) is 2.33. The molecule has 1 amide bonds. The molecule has 148 valence electrons. The zero-order valence-corrected chi connectivity index (χ0v) is 17.1. The van der Waals surface area contributed by atoms with Gasteiger partial charge in [0.1, 0.15) is 6.54 Å². The average molecular weight is 357 g/mol. The molecule has 2 N–H and O–H groups in total. The van der Waals surface area contributed by atoms with Gasteiger partial charge in [-0.2, -0.15) is 0 Å². The lowest BCUT2D eigenvalue weighted by molar-refractivity contribution is -0.127. The summed E-state index contributed by atoms with van der Waals surface area (Å²) in [6.07, 6.45) is 6.93. The smallest absolute Gasteiger partial charge is 0.243 e. The molecule has 0 aliphatic rings. The van der Waals surface area contributed by atoms with Gasteiger partial charge in [0.25, 0.3) is 0 Å². The number of aliphatic imine (C=N–C) groups is 1. The van der Waals surface area contributed by atoms with E-state index in [4.69, 9.17) is 4.74 Å². The Kier molecular flexibility index (Phi) is 15.3. The minimum Gasteiger partial charge on any atom is -0.382 e. The molecule has 0 bridgehead atoms. The predicted molar refractivity (Wildman–Crippen MR) is 106 cm³/mol. The van der Waals surface area contributed by atoms with E-state index >= 15 is 0 Å². The Morgan fingerprint density at radius 3 is 2.48 bits per heavy atom. The number of nitrogens with one attached hydrogen (secondary N) is 2. The van der Waals surface area contributed by atoms with Crippen LogP contribution in [0.1, 0.15) is 59.3 Å². The largest absolute Gasteiger partial charge is 0.382 e. The molecule has 0 aromatic carbocycles. The van der Waals surface area contributed by atoms with E-state index < -0.39 is 0 Å². The van der Waals surface area contributed by atoms with Crippen molar-refractivity contribution >= 4 is 11.9 Å². The third-order valence-electron chi connectivity index (χ3n) is 4.18. The van der Waals surface area contributed by atoms with E-state index in [1.807, 2.05) is 6.92 Å². The fraction of sp³-hybridized carbons (Fsp3) is 0.895. The summed E-state index contributed by atoms with van der Waals surface area (Å²) in [5.41, 5.74) is 0. The van der Waals surface area contributed by atoms with E-state index in [0.29, 0.717) is 5.92 Å². The van der Waals surface area contributed by atoms with Gasteiger partial charge >= 0.3 is 0 Å². The average Bonchev–Trinajstić information content (AvgIpc) is 2.61. The Balaban J connectivity index is 4.40. The maximum atomic E-state index is 11.8. The van der Waals surface area contributed by atoms with Crippen molar-refractivity contribution in [3.63, 3.8) is 0 Å². The molecular weight excluding hydrogens is 316 g/mol. The monoisotopic (exact) mass is 356 g/mol. The van der Waals surface area contributed by atoms with Crippen LogP contribution in [0.4, 0.5) is 0 Å². The van der Waals surface area contributed by atoms with E-state index in [2.05, 4.69) is 29.5 Å². The van der Waals surface area contributed by atoms with Crippen molar-refractivity contribution in [2.24, 2.45) is 10.9 Å². The summed E-state index contributed by atoms with van der Waals surface area (Å²) >= 11 is 0. The lowest BCUT2D eigenvalue weighted by atomic mass is 9.99. The first-order chi connectivity index (χ1) is 12.0. The van der Waals surface area contributed by atoms with Gasteiger partial charge in [-0.25, -0.2) is 4.99 Å². The van der Waals surface area contributed by atoms with Crippen LogP contribution in [0.5, 0.6) is 0 Å². The Morgan fingerprint density at radius 1 is 1.12 bits per heavy atom. The van der Waals surface area contributed by atoms with Crippen molar-refractivity contribution in [3.05, 3.63) is 0 Å². The normalized spacial score (nSPS) is 12.8. The number of hydrogen-bond donors (Lipinski definition) is 2. The Morgan fingerprint density at radius 2 is 1.88 bits per heavy atom. The van der Waals surface area contributed by atoms with Crippen molar-refractivity contribution in [2.75, 3.05) is 46.9 Å². The van der Waals surface area contributed by atoms with Gasteiger partial charge in [0, 0.05) is 40.4 Å². The molecule has 0 saturated carbocycles. The lowest BCUT2D eigenvalue weighted by Crippen LogP contribution is -2.41. The molecule has 1 atom stereocenters. The lowest BCUT2D eigenvalue weighted by Gasteiger charge is -2.18. The van der Waals surface area contributed by atoms with E-state index in [1.54, 1.807) is 19.0 Å². The number of likely N-dealkylation sites (N-methyl/N-ethyl adjacent to an activating group) is 1. The first kappa shape index (κ1) is 23.7. The van der Waals surface area contributed by atoms with Gasteiger partial charge in [-0.3, -0.25) is 4.79 Å². The topological polar surface area (TPSA) is 66.0 Å². The van der Waals surface area contributed by atoms with Crippen LogP contribution >= 0.6 is 0 Å². The summed E-state index contributed by atoms with van der Waals surface area (Å²) in [5.74, 6) is 1.39. The van der Waals surface area contributed by atoms with Crippen molar-refractivity contribution in [1.82, 2.24) is 15.5 Å². The van der Waals surface area contributed by atoms with Crippen molar-refractivity contribution in [3.8, 4) is 0 Å². The standard InChI is InChI=1S/C19H40N4O2/c1-6-9-12-17(7-2)15-21-19(22-16-18(24)23(4)5)20-13-10-11-14-25-8-3/h17H,6-16H2,1-5H3,(H2,20,21,22). The van der Waals surface area contributed by atoms with Crippen LogP contribution in [0.15, 0.2) is 4.99 Å². The van der Waals surface area contributed by atoms with Crippen molar-refractivity contribution in [2.45, 2.75) is 59.3 Å². The second-order valence-electron chi connectivity index (χ2n) is 6.58. The molecule has 0 rings (SSSR count). The summed E-state index contributed by atoms with van der Waals surface area (Å²) in [5, 5.41) is 6.75. The number of nitrogens with zero attached hydrogens (tertiary/aromatic N) is 2. The molecular formula is C19H40N4O2. The van der Waals surface area contributed by atoms with Gasteiger partial charge < -0.3 is 20.3 Å². The van der Waals surface area contributed by atoms with Crippen molar-refractivity contribution in [1.29, 1.82) is 0 Å². The molecule has 0 aliphatic heterocycles. The van der Waals surface area contributed by atoms with Crippen molar-refractivity contribution < 1.29 is 9.53 Å². The van der Waals surface area contributed by atoms with Gasteiger partial charge in [-0.05, 0) is 32.1 Å². The number of ether oxygens (including phenoxy) is 1. The van der Waals surface area contributed by atoms with Gasteiger partial charge in [-0.15, -0.1) is 0 Å². The highest BCUT2D eigenvalue weighted by Crippen LogP contribution is 2.11. The number of unbranched alkanes of at least 4 members (excludes halogenated alkanes) is 2. The maximum absolute atomic E-state index is 11.8. The Bertz CT molecular complexity index is 359. The number of guanidine groups is 1. The number of carbonyl (C=O) groups excluding carboxylic acids is 1. The number of carbonyl (C=O) groups is 1. The second kappa shape index (κ2) is 16.2. The molecule has 0 radical (unpaired) electrons. The van der Waals surface area contributed by atoms with Crippen LogP contribution in [-0.2, 0) is 9.53 Å². The number of rotatable bonds is 14. The van der Waals surface area contributed by atoms with Gasteiger partial charge in [-0.1, -0.05) is 33.1 Å². The third-order valence-corrected chi connectivity index (χ3v) is 4.18. The van der Waals surface area contributed by atoms with Crippen LogP contribution in [0.3, 0.4) is 0 Å². The summed E-state index contributed by atoms with van der Waals surface area (Å²) < 4.78 is 5.35. The molecule has 25 heavy (non-hydrogen) atoms. The predicted octanol–water partition coefficient (Wildman–Crippen LogP) is 2.64. The summed E-state index contributed by atoms with van der Waals surface area (Å²) in [7, 11) is 3.51. The number of hydrogen-bond acceptors (Lipinski definition) is 3. The molecule has 0 fully saturated rings. The van der Waals surface area contributed by atoms with E-state index in [9.17, 15) is 4.79 Å². The zero-order valence-electron chi connectivity index (χ0n) is 17.1.